The van der Waals surface area contributed by atoms with E-state index in [0.717, 1.165) is 21.5 Å². The molecular formula is C29H34FN3O4S. The Labute approximate surface area is 224 Å². The lowest BCUT2D eigenvalue weighted by atomic mass is 10.1. The van der Waals surface area contributed by atoms with E-state index in [1.54, 1.807) is 25.1 Å². The van der Waals surface area contributed by atoms with Crippen molar-refractivity contribution >= 4 is 27.5 Å². The predicted octanol–water partition coefficient (Wildman–Crippen LogP) is 4.66. The van der Waals surface area contributed by atoms with Crippen LogP contribution in [0, 0.1) is 12.7 Å². The smallest absolute Gasteiger partial charge is 0.264 e. The van der Waals surface area contributed by atoms with Gasteiger partial charge in [-0.05, 0) is 64.4 Å². The van der Waals surface area contributed by atoms with Gasteiger partial charge >= 0.3 is 0 Å². The highest BCUT2D eigenvalue weighted by Crippen LogP contribution is 2.27. The quantitative estimate of drug-likeness (QED) is 0.429. The average Bonchev–Trinajstić information content (AvgIpc) is 2.85. The van der Waals surface area contributed by atoms with Crippen molar-refractivity contribution in [2.75, 3.05) is 10.8 Å². The molecule has 9 heteroatoms. The van der Waals surface area contributed by atoms with Gasteiger partial charge in [-0.1, -0.05) is 60.2 Å². The van der Waals surface area contributed by atoms with Crippen molar-refractivity contribution in [3.63, 3.8) is 0 Å². The first-order chi connectivity index (χ1) is 17.8. The second kappa shape index (κ2) is 11.8. The van der Waals surface area contributed by atoms with Crippen LogP contribution in [-0.2, 0) is 26.2 Å². The van der Waals surface area contributed by atoms with Crippen molar-refractivity contribution in [1.82, 2.24) is 10.2 Å². The molecule has 0 aliphatic carbocycles. The van der Waals surface area contributed by atoms with Crippen LogP contribution in [0.25, 0.3) is 0 Å². The molecule has 3 aromatic rings. The lowest BCUT2D eigenvalue weighted by Crippen LogP contribution is -2.54. The summed E-state index contributed by atoms with van der Waals surface area (Å²) >= 11 is 0. The number of hydrogen-bond donors (Lipinski definition) is 1. The Morgan fingerprint density at radius 3 is 2.18 bits per heavy atom. The Balaban J connectivity index is 2.04. The lowest BCUT2D eigenvalue weighted by molar-refractivity contribution is -0.140. The van der Waals surface area contributed by atoms with Gasteiger partial charge in [0.2, 0.25) is 11.8 Å². The number of anilines is 1. The number of para-hydroxylation sites is 1. The molecule has 7 nitrogen and oxygen atoms in total. The summed E-state index contributed by atoms with van der Waals surface area (Å²) in [7, 11) is -4.31. The van der Waals surface area contributed by atoms with Crippen LogP contribution in [0.15, 0.2) is 83.8 Å². The molecule has 2 amide bonds. The van der Waals surface area contributed by atoms with Crippen molar-refractivity contribution in [1.29, 1.82) is 0 Å². The number of rotatable bonds is 9. The van der Waals surface area contributed by atoms with Gasteiger partial charge in [0.15, 0.2) is 0 Å². The monoisotopic (exact) mass is 539 g/mol. The highest BCUT2D eigenvalue weighted by molar-refractivity contribution is 7.92. The number of carbonyl (C=O) groups is 2. The first-order valence-electron chi connectivity index (χ1n) is 12.3. The molecule has 38 heavy (non-hydrogen) atoms. The molecule has 0 radical (unpaired) electrons. The Morgan fingerprint density at radius 2 is 1.58 bits per heavy atom. The maximum atomic E-state index is 14.9. The predicted molar refractivity (Wildman–Crippen MR) is 146 cm³/mol. The Morgan fingerprint density at radius 1 is 0.947 bits per heavy atom. The standard InChI is InChI=1S/C29H34FN3O4S/c1-21-12-11-13-23(18-21)19-32(22(2)28(35)31-29(3,4)5)27(34)20-33(26-17-10-9-16-25(26)30)38(36,37)24-14-7-6-8-15-24/h6-18,22H,19-20H2,1-5H3,(H,31,35)/t22-/m1/s1. The third kappa shape index (κ3) is 7.19. The molecule has 1 atom stereocenters. The number of halogens is 1. The SMILES string of the molecule is Cc1cccc(CN(C(=O)CN(c2ccccc2F)S(=O)(=O)c2ccccc2)[C@H](C)C(=O)NC(C)(C)C)c1. The summed E-state index contributed by atoms with van der Waals surface area (Å²) in [6, 6.07) is 19.5. The van der Waals surface area contributed by atoms with Crippen LogP contribution in [0.5, 0.6) is 0 Å². The van der Waals surface area contributed by atoms with E-state index < -0.39 is 39.9 Å². The van der Waals surface area contributed by atoms with Crippen LogP contribution in [-0.4, -0.2) is 43.3 Å². The topological polar surface area (TPSA) is 86.8 Å². The zero-order chi connectivity index (χ0) is 28.1. The summed E-state index contributed by atoms with van der Waals surface area (Å²) in [6.07, 6.45) is 0. The van der Waals surface area contributed by atoms with Gasteiger partial charge in [-0.25, -0.2) is 12.8 Å². The first kappa shape index (κ1) is 28.8. The summed E-state index contributed by atoms with van der Waals surface area (Å²) < 4.78 is 43.0. The summed E-state index contributed by atoms with van der Waals surface area (Å²) in [6.45, 7) is 8.36. The first-order valence-corrected chi connectivity index (χ1v) is 13.7. The second-order valence-corrected chi connectivity index (χ2v) is 12.1. The third-order valence-electron chi connectivity index (χ3n) is 5.83. The van der Waals surface area contributed by atoms with Crippen molar-refractivity contribution in [2.24, 2.45) is 0 Å². The number of hydrogen-bond acceptors (Lipinski definition) is 4. The molecule has 0 aliphatic rings. The number of benzene rings is 3. The van der Waals surface area contributed by atoms with E-state index in [-0.39, 0.29) is 23.0 Å². The Kier molecular flexibility index (Phi) is 8.93. The maximum absolute atomic E-state index is 14.9. The number of aryl methyl sites for hydroxylation is 1. The third-order valence-corrected chi connectivity index (χ3v) is 7.61. The fourth-order valence-corrected chi connectivity index (χ4v) is 5.39. The van der Waals surface area contributed by atoms with Crippen LogP contribution in [0.1, 0.15) is 38.8 Å². The molecule has 0 bridgehead atoms. The number of amides is 2. The Hall–Kier alpha value is -3.72. The minimum absolute atomic E-state index is 0.0652. The van der Waals surface area contributed by atoms with Gasteiger partial charge < -0.3 is 10.2 Å². The number of sulfonamides is 1. The largest absolute Gasteiger partial charge is 0.350 e. The van der Waals surface area contributed by atoms with Crippen molar-refractivity contribution in [3.8, 4) is 0 Å². The lowest BCUT2D eigenvalue weighted by Gasteiger charge is -2.33. The van der Waals surface area contributed by atoms with Gasteiger partial charge in [-0.2, -0.15) is 0 Å². The molecule has 0 unspecified atom stereocenters. The summed E-state index contributed by atoms with van der Waals surface area (Å²) in [5, 5.41) is 2.88. The van der Waals surface area contributed by atoms with E-state index in [1.807, 2.05) is 52.0 Å². The van der Waals surface area contributed by atoms with Crippen LogP contribution < -0.4 is 9.62 Å². The summed E-state index contributed by atoms with van der Waals surface area (Å²) in [5.41, 5.74) is 0.949. The van der Waals surface area contributed by atoms with Gasteiger partial charge in [-0.15, -0.1) is 0 Å². The fourth-order valence-electron chi connectivity index (χ4n) is 3.95. The number of carbonyl (C=O) groups excluding carboxylic acids is 2. The van der Waals surface area contributed by atoms with Gasteiger partial charge in [0.1, 0.15) is 18.4 Å². The molecule has 0 aliphatic heterocycles. The zero-order valence-corrected chi connectivity index (χ0v) is 23.1. The van der Waals surface area contributed by atoms with Crippen molar-refractivity contribution in [2.45, 2.75) is 57.6 Å². The van der Waals surface area contributed by atoms with E-state index in [2.05, 4.69) is 5.32 Å². The average molecular weight is 540 g/mol. The molecule has 0 fully saturated rings. The molecule has 202 valence electrons. The van der Waals surface area contributed by atoms with Gasteiger partial charge in [0.05, 0.1) is 10.6 Å². The van der Waals surface area contributed by atoms with E-state index >= 15 is 0 Å². The van der Waals surface area contributed by atoms with Crippen LogP contribution in [0.2, 0.25) is 0 Å². The van der Waals surface area contributed by atoms with Gasteiger partial charge in [0.25, 0.3) is 10.0 Å². The molecule has 0 heterocycles. The van der Waals surface area contributed by atoms with Crippen LogP contribution >= 0.6 is 0 Å². The molecule has 0 spiro atoms. The summed E-state index contributed by atoms with van der Waals surface area (Å²) in [5.74, 6) is -1.82. The van der Waals surface area contributed by atoms with E-state index in [0.29, 0.717) is 0 Å². The van der Waals surface area contributed by atoms with Crippen molar-refractivity contribution in [3.05, 3.63) is 95.8 Å². The fraction of sp³-hybridized carbons (Fsp3) is 0.310. The second-order valence-electron chi connectivity index (χ2n) is 10.2. The number of nitrogens with one attached hydrogen (secondary N) is 1. The minimum atomic E-state index is -4.31. The maximum Gasteiger partial charge on any atom is 0.264 e. The van der Waals surface area contributed by atoms with E-state index in [4.69, 9.17) is 0 Å². The number of nitrogens with zero attached hydrogens (tertiary/aromatic N) is 2. The normalized spacial score (nSPS) is 12.5. The van der Waals surface area contributed by atoms with E-state index in [1.165, 1.54) is 35.2 Å². The minimum Gasteiger partial charge on any atom is -0.350 e. The summed E-state index contributed by atoms with van der Waals surface area (Å²) in [4.78, 5) is 28.2. The van der Waals surface area contributed by atoms with E-state index in [9.17, 15) is 22.4 Å². The molecule has 3 rings (SSSR count). The molecule has 3 aromatic carbocycles. The molecular weight excluding hydrogens is 505 g/mol. The molecule has 1 N–H and O–H groups in total. The highest BCUT2D eigenvalue weighted by atomic mass is 32.2. The van der Waals surface area contributed by atoms with Crippen LogP contribution in [0.3, 0.4) is 0 Å². The van der Waals surface area contributed by atoms with Gasteiger partial charge in [0, 0.05) is 12.1 Å². The molecule has 0 saturated heterocycles. The van der Waals surface area contributed by atoms with Crippen molar-refractivity contribution < 1.29 is 22.4 Å². The van der Waals surface area contributed by atoms with Crippen LogP contribution in [0.4, 0.5) is 10.1 Å². The highest BCUT2D eigenvalue weighted by Gasteiger charge is 2.34. The van der Waals surface area contributed by atoms with Gasteiger partial charge in [-0.3, -0.25) is 13.9 Å². The molecule has 0 aromatic heterocycles. The zero-order valence-electron chi connectivity index (χ0n) is 22.3. The molecule has 0 saturated carbocycles. The Bertz CT molecular complexity index is 1390.